The Balaban J connectivity index is 2.01. The summed E-state index contributed by atoms with van der Waals surface area (Å²) in [4.78, 5) is 26.8. The first-order valence-corrected chi connectivity index (χ1v) is 6.56. The predicted molar refractivity (Wildman–Crippen MR) is 75.9 cm³/mol. The molecule has 1 aliphatic heterocycles. The molecule has 1 aromatic carbocycles. The molecule has 6 nitrogen and oxygen atoms in total. The van der Waals surface area contributed by atoms with Gasteiger partial charge in [0.25, 0.3) is 0 Å². The van der Waals surface area contributed by atoms with Gasteiger partial charge in [-0.05, 0) is 12.1 Å². The topological polar surface area (TPSA) is 61.9 Å². The number of amides is 2. The quantitative estimate of drug-likeness (QED) is 0.778. The van der Waals surface area contributed by atoms with Gasteiger partial charge >= 0.3 is 11.8 Å². The number of carbonyl (C=O) groups excluding carboxylic acids is 2. The molecule has 1 aliphatic rings. The second-order valence-corrected chi connectivity index (χ2v) is 4.53. The first-order valence-electron chi connectivity index (χ1n) is 6.56. The monoisotopic (exact) mass is 277 g/mol. The summed E-state index contributed by atoms with van der Waals surface area (Å²) in [5, 5.41) is 2.36. The predicted octanol–water partition coefficient (Wildman–Crippen LogP) is 0.0898. The summed E-state index contributed by atoms with van der Waals surface area (Å²) in [5.41, 5.74) is 1.02. The average molecular weight is 277 g/mol. The molecule has 20 heavy (non-hydrogen) atoms. The maximum atomic E-state index is 11.8. The largest absolute Gasteiger partial charge is 0.495 e. The van der Waals surface area contributed by atoms with E-state index in [1.54, 1.807) is 12.0 Å². The van der Waals surface area contributed by atoms with Gasteiger partial charge in [-0.15, -0.1) is 0 Å². The lowest BCUT2D eigenvalue weighted by molar-refractivity contribution is -0.145. The molecule has 0 aromatic heterocycles. The summed E-state index contributed by atoms with van der Waals surface area (Å²) < 4.78 is 5.34. The molecular formula is C14H19N3O3. The van der Waals surface area contributed by atoms with E-state index in [0.717, 1.165) is 11.4 Å². The van der Waals surface area contributed by atoms with E-state index in [4.69, 9.17) is 4.74 Å². The highest BCUT2D eigenvalue weighted by atomic mass is 16.5. The molecule has 1 saturated heterocycles. The molecule has 0 spiro atoms. The number of methoxy groups -OCH3 is 1. The third-order valence-corrected chi connectivity index (χ3v) is 3.41. The molecule has 1 aromatic rings. The van der Waals surface area contributed by atoms with Crippen LogP contribution >= 0.6 is 0 Å². The van der Waals surface area contributed by atoms with Crippen LogP contribution < -0.4 is 15.0 Å². The fourth-order valence-electron chi connectivity index (χ4n) is 2.29. The smallest absolute Gasteiger partial charge is 0.311 e. The Bertz CT molecular complexity index is 496. The highest BCUT2D eigenvalue weighted by Gasteiger charge is 2.26. The lowest BCUT2D eigenvalue weighted by Crippen LogP contribution is -2.52. The Hall–Kier alpha value is -2.24. The molecule has 0 saturated carbocycles. The zero-order chi connectivity index (χ0) is 14.5. The fraction of sp³-hybridized carbons (Fsp3) is 0.429. The summed E-state index contributed by atoms with van der Waals surface area (Å²) in [6.45, 7) is 2.43. The number of piperazine rings is 1. The van der Waals surface area contributed by atoms with E-state index in [9.17, 15) is 9.59 Å². The number of nitrogens with zero attached hydrogens (tertiary/aromatic N) is 2. The van der Waals surface area contributed by atoms with Crippen LogP contribution in [0, 0.1) is 0 Å². The van der Waals surface area contributed by atoms with Crippen molar-refractivity contribution in [3.8, 4) is 5.75 Å². The Morgan fingerprint density at radius 1 is 1.15 bits per heavy atom. The number of nitrogens with one attached hydrogen (secondary N) is 1. The van der Waals surface area contributed by atoms with Crippen molar-refractivity contribution in [1.29, 1.82) is 0 Å². The molecule has 108 valence electrons. The lowest BCUT2D eigenvalue weighted by atomic mass is 10.2. The lowest BCUT2D eigenvalue weighted by Gasteiger charge is -2.36. The summed E-state index contributed by atoms with van der Waals surface area (Å²) >= 11 is 0. The van der Waals surface area contributed by atoms with Crippen molar-refractivity contribution in [3.05, 3.63) is 24.3 Å². The molecular weight excluding hydrogens is 258 g/mol. The highest BCUT2D eigenvalue weighted by molar-refractivity contribution is 6.34. The molecule has 0 radical (unpaired) electrons. The van der Waals surface area contributed by atoms with Crippen LogP contribution in [-0.4, -0.2) is 57.1 Å². The zero-order valence-electron chi connectivity index (χ0n) is 11.8. The van der Waals surface area contributed by atoms with Gasteiger partial charge in [0.2, 0.25) is 0 Å². The minimum Gasteiger partial charge on any atom is -0.495 e. The Morgan fingerprint density at radius 3 is 2.40 bits per heavy atom. The van der Waals surface area contributed by atoms with Gasteiger partial charge in [-0.3, -0.25) is 9.59 Å². The van der Waals surface area contributed by atoms with Crippen LogP contribution in [0.1, 0.15) is 0 Å². The number of hydrogen-bond acceptors (Lipinski definition) is 4. The Labute approximate surface area is 118 Å². The number of para-hydroxylation sites is 2. The number of carbonyl (C=O) groups is 2. The molecule has 1 fully saturated rings. The molecule has 0 atom stereocenters. The number of ether oxygens (including phenoxy) is 1. The van der Waals surface area contributed by atoms with Crippen LogP contribution in [0.3, 0.4) is 0 Å². The average Bonchev–Trinajstić information content (AvgIpc) is 2.53. The number of likely N-dealkylation sites (N-methyl/N-ethyl adjacent to an activating group) is 1. The molecule has 6 heteroatoms. The molecule has 0 bridgehead atoms. The first kappa shape index (κ1) is 14.2. The van der Waals surface area contributed by atoms with Crippen LogP contribution in [0.4, 0.5) is 5.69 Å². The standard InChI is InChI=1S/C14H19N3O3/c1-15-13(18)14(19)17-9-7-16(8-10-17)11-5-3-4-6-12(11)20-2/h3-6H,7-10H2,1-2H3,(H,15,18). The fourth-order valence-corrected chi connectivity index (χ4v) is 2.29. The second-order valence-electron chi connectivity index (χ2n) is 4.53. The van der Waals surface area contributed by atoms with Crippen molar-refractivity contribution in [2.45, 2.75) is 0 Å². The zero-order valence-corrected chi connectivity index (χ0v) is 11.8. The maximum Gasteiger partial charge on any atom is 0.311 e. The number of rotatable bonds is 2. The normalized spacial score (nSPS) is 14.9. The van der Waals surface area contributed by atoms with Crippen molar-refractivity contribution in [3.63, 3.8) is 0 Å². The number of benzene rings is 1. The SMILES string of the molecule is CNC(=O)C(=O)N1CCN(c2ccccc2OC)CC1. The van der Waals surface area contributed by atoms with Gasteiger partial charge in [-0.1, -0.05) is 12.1 Å². The third kappa shape index (κ3) is 2.84. The molecule has 2 rings (SSSR count). The summed E-state index contributed by atoms with van der Waals surface area (Å²) in [6.07, 6.45) is 0. The molecule has 2 amide bonds. The van der Waals surface area contributed by atoms with Crippen LogP contribution in [0.5, 0.6) is 5.75 Å². The van der Waals surface area contributed by atoms with Crippen LogP contribution in [0.25, 0.3) is 0 Å². The summed E-state index contributed by atoms with van der Waals surface area (Å²) in [7, 11) is 3.11. The van der Waals surface area contributed by atoms with Crippen LogP contribution in [0.2, 0.25) is 0 Å². The minimum atomic E-state index is -0.559. The molecule has 1 N–H and O–H groups in total. The van der Waals surface area contributed by atoms with Crippen molar-refractivity contribution >= 4 is 17.5 Å². The first-order chi connectivity index (χ1) is 9.67. The van der Waals surface area contributed by atoms with E-state index in [2.05, 4.69) is 10.2 Å². The van der Waals surface area contributed by atoms with Crippen LogP contribution in [0.15, 0.2) is 24.3 Å². The van der Waals surface area contributed by atoms with E-state index < -0.39 is 11.8 Å². The second kappa shape index (κ2) is 6.27. The molecule has 0 unspecified atom stereocenters. The van der Waals surface area contributed by atoms with Gasteiger partial charge in [0, 0.05) is 33.2 Å². The number of anilines is 1. The maximum absolute atomic E-state index is 11.8. The van der Waals surface area contributed by atoms with Gasteiger partial charge in [-0.2, -0.15) is 0 Å². The Morgan fingerprint density at radius 2 is 1.80 bits per heavy atom. The van der Waals surface area contributed by atoms with Gasteiger partial charge in [-0.25, -0.2) is 0 Å². The molecule has 0 aliphatic carbocycles. The van der Waals surface area contributed by atoms with E-state index >= 15 is 0 Å². The van der Waals surface area contributed by atoms with Crippen molar-refractivity contribution < 1.29 is 14.3 Å². The van der Waals surface area contributed by atoms with E-state index in [0.29, 0.717) is 26.2 Å². The van der Waals surface area contributed by atoms with Gasteiger partial charge in [0.15, 0.2) is 0 Å². The van der Waals surface area contributed by atoms with Crippen molar-refractivity contribution in [2.75, 3.05) is 45.2 Å². The minimum absolute atomic E-state index is 0.466. The highest BCUT2D eigenvalue weighted by Crippen LogP contribution is 2.28. The Kier molecular flexibility index (Phi) is 4.45. The summed E-state index contributed by atoms with van der Waals surface area (Å²) in [6, 6.07) is 7.79. The third-order valence-electron chi connectivity index (χ3n) is 3.41. The van der Waals surface area contributed by atoms with E-state index in [1.165, 1.54) is 7.05 Å². The van der Waals surface area contributed by atoms with Crippen molar-refractivity contribution in [1.82, 2.24) is 10.2 Å². The van der Waals surface area contributed by atoms with Crippen LogP contribution in [-0.2, 0) is 9.59 Å². The van der Waals surface area contributed by atoms with Gasteiger partial charge < -0.3 is 19.9 Å². The van der Waals surface area contributed by atoms with Gasteiger partial charge in [0.05, 0.1) is 12.8 Å². The summed E-state index contributed by atoms with van der Waals surface area (Å²) in [5.74, 6) is -0.207. The van der Waals surface area contributed by atoms with Gasteiger partial charge in [0.1, 0.15) is 5.75 Å². The number of hydrogen-bond donors (Lipinski definition) is 1. The van der Waals surface area contributed by atoms with E-state index in [-0.39, 0.29) is 0 Å². The van der Waals surface area contributed by atoms with Crippen molar-refractivity contribution in [2.24, 2.45) is 0 Å². The van der Waals surface area contributed by atoms with E-state index in [1.807, 2.05) is 24.3 Å². The molecule has 1 heterocycles.